The van der Waals surface area contributed by atoms with Crippen LogP contribution in [-0.2, 0) is 18.3 Å². The summed E-state index contributed by atoms with van der Waals surface area (Å²) in [6, 6.07) is 31.5. The van der Waals surface area contributed by atoms with E-state index in [1.807, 2.05) is 18.2 Å². The first kappa shape index (κ1) is 21.2. The molecule has 0 amide bonds. The van der Waals surface area contributed by atoms with Crippen molar-refractivity contribution >= 4 is 32.4 Å². The smallest absolute Gasteiger partial charge is 0.397 e. The Bertz CT molecular complexity index is 903. The monoisotopic (exact) mass is 438 g/mol. The van der Waals surface area contributed by atoms with Gasteiger partial charge in [0.15, 0.2) is 0 Å². The van der Waals surface area contributed by atoms with Crippen LogP contribution in [0.1, 0.15) is 5.56 Å². The summed E-state index contributed by atoms with van der Waals surface area (Å²) >= 11 is 0. The van der Waals surface area contributed by atoms with Crippen LogP contribution in [0.3, 0.4) is 0 Å². The SMILES string of the molecule is COC/C(OP1OCCO1)=C(\c1ccccc1)P(c1ccccc1)c1ccccc1. The van der Waals surface area contributed by atoms with Crippen molar-refractivity contribution < 1.29 is 18.3 Å². The lowest BCUT2D eigenvalue weighted by molar-refractivity contribution is 0.181. The number of benzene rings is 3. The summed E-state index contributed by atoms with van der Waals surface area (Å²) in [5, 5.41) is 3.61. The van der Waals surface area contributed by atoms with E-state index in [0.29, 0.717) is 19.8 Å². The second-order valence-electron chi connectivity index (χ2n) is 6.56. The van der Waals surface area contributed by atoms with Crippen LogP contribution in [0.2, 0.25) is 0 Å². The largest absolute Gasteiger partial charge is 0.428 e. The Kier molecular flexibility index (Phi) is 7.64. The van der Waals surface area contributed by atoms with Gasteiger partial charge in [-0.15, -0.1) is 0 Å². The molecule has 1 heterocycles. The van der Waals surface area contributed by atoms with E-state index >= 15 is 0 Å². The van der Waals surface area contributed by atoms with Gasteiger partial charge in [0.1, 0.15) is 12.4 Å². The van der Waals surface area contributed by atoms with Crippen molar-refractivity contribution in [1.29, 1.82) is 0 Å². The Balaban J connectivity index is 1.91. The van der Waals surface area contributed by atoms with E-state index in [2.05, 4.69) is 72.8 Å². The van der Waals surface area contributed by atoms with Gasteiger partial charge in [-0.2, -0.15) is 0 Å². The molecule has 6 heteroatoms. The van der Waals surface area contributed by atoms with Crippen LogP contribution >= 0.6 is 16.5 Å². The standard InChI is InChI=1S/C24H24O4P2/c1-25-19-23(28-30-26-17-18-27-30)24(20-11-5-2-6-12-20)29(21-13-7-3-8-14-21)22-15-9-4-10-16-22/h2-16H,17-19H2,1H3/b24-23-. The van der Waals surface area contributed by atoms with Crippen LogP contribution in [0.25, 0.3) is 5.31 Å². The molecule has 1 aliphatic rings. The molecule has 0 aromatic heterocycles. The lowest BCUT2D eigenvalue weighted by Gasteiger charge is -2.26. The summed E-state index contributed by atoms with van der Waals surface area (Å²) in [5.41, 5.74) is 1.11. The van der Waals surface area contributed by atoms with Gasteiger partial charge in [0.25, 0.3) is 0 Å². The molecule has 0 atom stereocenters. The maximum Gasteiger partial charge on any atom is 0.397 e. The highest BCUT2D eigenvalue weighted by Gasteiger charge is 2.29. The second-order valence-corrected chi connectivity index (χ2v) is 9.86. The van der Waals surface area contributed by atoms with Crippen LogP contribution in [0, 0.1) is 0 Å². The lowest BCUT2D eigenvalue weighted by atomic mass is 10.2. The van der Waals surface area contributed by atoms with E-state index in [1.165, 1.54) is 10.6 Å². The van der Waals surface area contributed by atoms with E-state index in [0.717, 1.165) is 16.6 Å². The first-order chi connectivity index (χ1) is 14.9. The molecule has 0 unspecified atom stereocenters. The molecule has 0 bridgehead atoms. The molecule has 4 rings (SSSR count). The van der Waals surface area contributed by atoms with Gasteiger partial charge in [0.2, 0.25) is 0 Å². The van der Waals surface area contributed by atoms with Gasteiger partial charge < -0.3 is 18.3 Å². The normalized spacial score (nSPS) is 15.3. The van der Waals surface area contributed by atoms with Crippen LogP contribution in [0.4, 0.5) is 0 Å². The summed E-state index contributed by atoms with van der Waals surface area (Å²) in [6.45, 7) is 1.45. The predicted molar refractivity (Wildman–Crippen MR) is 124 cm³/mol. The molecule has 1 saturated heterocycles. The molecule has 0 saturated carbocycles. The minimum Gasteiger partial charge on any atom is -0.428 e. The fraction of sp³-hybridized carbons (Fsp3) is 0.167. The molecule has 3 aromatic rings. The highest BCUT2D eigenvalue weighted by molar-refractivity contribution is 7.82. The summed E-state index contributed by atoms with van der Waals surface area (Å²) in [6.07, 6.45) is 0. The van der Waals surface area contributed by atoms with Crippen LogP contribution in [0.5, 0.6) is 0 Å². The van der Waals surface area contributed by atoms with Crippen molar-refractivity contribution in [1.82, 2.24) is 0 Å². The number of ether oxygens (including phenoxy) is 1. The molecule has 0 aliphatic carbocycles. The van der Waals surface area contributed by atoms with Crippen LogP contribution in [-0.4, -0.2) is 26.9 Å². The topological polar surface area (TPSA) is 36.9 Å². The van der Waals surface area contributed by atoms with Gasteiger partial charge in [-0.05, 0) is 24.1 Å². The van der Waals surface area contributed by atoms with Crippen molar-refractivity contribution in [3.63, 3.8) is 0 Å². The second kappa shape index (κ2) is 10.8. The van der Waals surface area contributed by atoms with E-state index in [1.54, 1.807) is 7.11 Å². The molecule has 0 radical (unpaired) electrons. The fourth-order valence-electron chi connectivity index (χ4n) is 3.24. The quantitative estimate of drug-likeness (QED) is 0.348. The number of methoxy groups -OCH3 is 1. The molecular weight excluding hydrogens is 414 g/mol. The Hall–Kier alpha value is -2.06. The zero-order chi connectivity index (χ0) is 20.6. The molecule has 30 heavy (non-hydrogen) atoms. The van der Waals surface area contributed by atoms with Crippen molar-refractivity contribution in [3.8, 4) is 0 Å². The third-order valence-electron chi connectivity index (χ3n) is 4.50. The molecular formula is C24H24O4P2. The molecule has 0 spiro atoms. The Morgan fingerprint density at radius 3 is 1.80 bits per heavy atom. The first-order valence-corrected chi connectivity index (χ1v) is 12.2. The van der Waals surface area contributed by atoms with Crippen molar-refractivity contribution in [3.05, 3.63) is 102 Å². The molecule has 3 aromatic carbocycles. The third-order valence-corrected chi connectivity index (χ3v) is 8.24. The van der Waals surface area contributed by atoms with Gasteiger partial charge in [0, 0.05) is 12.4 Å². The zero-order valence-corrected chi connectivity index (χ0v) is 18.6. The Labute approximate surface area is 180 Å². The lowest BCUT2D eigenvalue weighted by Crippen LogP contribution is -2.15. The average Bonchev–Trinajstić information content (AvgIpc) is 3.32. The van der Waals surface area contributed by atoms with Gasteiger partial charge >= 0.3 is 8.60 Å². The van der Waals surface area contributed by atoms with Crippen molar-refractivity contribution in [2.45, 2.75) is 0 Å². The Morgan fingerprint density at radius 1 is 0.800 bits per heavy atom. The van der Waals surface area contributed by atoms with E-state index in [4.69, 9.17) is 18.3 Å². The maximum absolute atomic E-state index is 6.28. The van der Waals surface area contributed by atoms with Crippen LogP contribution < -0.4 is 10.6 Å². The van der Waals surface area contributed by atoms with Gasteiger partial charge in [-0.3, -0.25) is 0 Å². The summed E-state index contributed by atoms with van der Waals surface area (Å²) in [5.74, 6) is 0.760. The Morgan fingerprint density at radius 2 is 1.30 bits per heavy atom. The van der Waals surface area contributed by atoms with Gasteiger partial charge in [0.05, 0.1) is 13.2 Å². The predicted octanol–water partition coefficient (Wildman–Crippen LogP) is 5.42. The summed E-state index contributed by atoms with van der Waals surface area (Å²) < 4.78 is 23.1. The number of hydrogen-bond donors (Lipinski definition) is 0. The molecule has 1 aliphatic heterocycles. The summed E-state index contributed by atoms with van der Waals surface area (Å²) in [7, 11) is -0.613. The molecule has 0 N–H and O–H groups in total. The first-order valence-electron chi connectivity index (χ1n) is 9.78. The maximum atomic E-state index is 6.28. The summed E-state index contributed by atoms with van der Waals surface area (Å²) in [4.78, 5) is 0. The van der Waals surface area contributed by atoms with E-state index < -0.39 is 16.5 Å². The van der Waals surface area contributed by atoms with E-state index in [-0.39, 0.29) is 0 Å². The van der Waals surface area contributed by atoms with E-state index in [9.17, 15) is 0 Å². The number of hydrogen-bond acceptors (Lipinski definition) is 4. The third kappa shape index (κ3) is 5.16. The molecule has 154 valence electrons. The highest BCUT2D eigenvalue weighted by atomic mass is 31.2. The molecule has 1 fully saturated rings. The van der Waals surface area contributed by atoms with Crippen molar-refractivity contribution in [2.75, 3.05) is 26.9 Å². The zero-order valence-electron chi connectivity index (χ0n) is 16.8. The highest BCUT2D eigenvalue weighted by Crippen LogP contribution is 2.54. The van der Waals surface area contributed by atoms with Gasteiger partial charge in [-0.25, -0.2) is 0 Å². The minimum atomic E-state index is -1.41. The minimum absolute atomic E-state index is 0.342. The average molecular weight is 438 g/mol. The van der Waals surface area contributed by atoms with Gasteiger partial charge in [-0.1, -0.05) is 91.0 Å². The number of rotatable bonds is 8. The van der Waals surface area contributed by atoms with Crippen molar-refractivity contribution in [2.24, 2.45) is 0 Å². The fourth-order valence-corrected chi connectivity index (χ4v) is 6.79. The molecule has 4 nitrogen and oxygen atoms in total. The van der Waals surface area contributed by atoms with Crippen LogP contribution in [0.15, 0.2) is 96.8 Å².